The smallest absolute Gasteiger partial charge is 0.166 e. The fourth-order valence-corrected chi connectivity index (χ4v) is 7.95. The van der Waals surface area contributed by atoms with Crippen LogP contribution in [0.1, 0.15) is 46.9 Å². The number of piperidine rings is 1. The number of aliphatic hydroxyl groups is 1. The Morgan fingerprint density at radius 3 is 3.06 bits per heavy atom. The van der Waals surface area contributed by atoms with Crippen molar-refractivity contribution >= 4 is 10.9 Å². The second kappa shape index (κ2) is 5.28. The molecule has 5 nitrogen and oxygen atoms in total. The molecule has 1 saturated heterocycles. The van der Waals surface area contributed by atoms with Crippen molar-refractivity contribution < 1.29 is 14.6 Å². The molecule has 0 amide bonds. The molecule has 4 heterocycles. The molecule has 2 N–H and O–H groups in total. The molecule has 1 spiro atoms. The van der Waals surface area contributed by atoms with Crippen LogP contribution in [0.15, 0.2) is 30.3 Å². The second-order valence-electron chi connectivity index (χ2n) is 10.1. The first-order valence-corrected chi connectivity index (χ1v) is 11.6. The maximum atomic E-state index is 12.6. The average Bonchev–Trinajstić information content (AvgIpc) is 3.27. The van der Waals surface area contributed by atoms with Crippen molar-refractivity contribution in [3.63, 3.8) is 0 Å². The van der Waals surface area contributed by atoms with Crippen molar-refractivity contribution in [2.45, 2.75) is 61.8 Å². The zero-order chi connectivity index (χ0) is 20.5. The Morgan fingerprint density at radius 2 is 2.16 bits per heavy atom. The molecule has 0 radical (unpaired) electrons. The number of aryl methyl sites for hydroxylation is 2. The highest BCUT2D eigenvalue weighted by molar-refractivity contribution is 5.90. The predicted octanol–water partition coefficient (Wildman–Crippen LogP) is 3.17. The first-order chi connectivity index (χ1) is 15.2. The number of para-hydroxylation sites is 1. The number of hydrogen-bond acceptors (Lipinski definition) is 4. The standard InChI is InChI=1S/C26H26N2O3/c1-30-18-8-7-15-12-19-26(29)13-17-16-6-2-4-14-5-3-11-28(21(14)16)22(17)24-25(26,9-10-27-19)20(15)23(18)31-24/h2,4,6-8,19,24,27,29H,3,5,9-13H2,1H3/t19-,24+,25+,26-/m1/s1. The molecule has 31 heavy (non-hydrogen) atoms. The molecular formula is C26H26N2O3. The van der Waals surface area contributed by atoms with Gasteiger partial charge in [-0.2, -0.15) is 0 Å². The van der Waals surface area contributed by atoms with Gasteiger partial charge in [0.25, 0.3) is 0 Å². The lowest BCUT2D eigenvalue weighted by Crippen LogP contribution is -2.73. The Morgan fingerprint density at radius 1 is 1.23 bits per heavy atom. The number of ether oxygens (including phenoxy) is 2. The zero-order valence-electron chi connectivity index (χ0n) is 17.7. The normalized spacial score (nSPS) is 33.6. The molecule has 0 unspecified atom stereocenters. The molecule has 2 bridgehead atoms. The molecule has 2 aliphatic carbocycles. The average molecular weight is 415 g/mol. The fraction of sp³-hybridized carbons (Fsp3) is 0.462. The van der Waals surface area contributed by atoms with Gasteiger partial charge in [-0.15, -0.1) is 0 Å². The Kier molecular flexibility index (Phi) is 2.91. The first-order valence-electron chi connectivity index (χ1n) is 11.6. The van der Waals surface area contributed by atoms with Crippen molar-refractivity contribution in [3.8, 4) is 11.5 Å². The summed E-state index contributed by atoms with van der Waals surface area (Å²) in [6.45, 7) is 1.93. The second-order valence-corrected chi connectivity index (χ2v) is 10.1. The van der Waals surface area contributed by atoms with Crippen LogP contribution in [0.2, 0.25) is 0 Å². The summed E-state index contributed by atoms with van der Waals surface area (Å²) in [6.07, 6.45) is 4.51. The number of rotatable bonds is 1. The van der Waals surface area contributed by atoms with E-state index < -0.39 is 11.0 Å². The Balaban J connectivity index is 1.52. The van der Waals surface area contributed by atoms with Gasteiger partial charge in [0.15, 0.2) is 17.6 Å². The lowest BCUT2D eigenvalue weighted by atomic mass is 9.49. The van der Waals surface area contributed by atoms with E-state index >= 15 is 0 Å². The number of benzene rings is 2. The van der Waals surface area contributed by atoms with Gasteiger partial charge < -0.3 is 24.5 Å². The number of fused-ring (bicyclic) bond motifs is 4. The van der Waals surface area contributed by atoms with E-state index in [2.05, 4.69) is 34.1 Å². The van der Waals surface area contributed by atoms with Crippen LogP contribution in [-0.4, -0.2) is 35.0 Å². The maximum absolute atomic E-state index is 12.6. The lowest BCUT2D eigenvalue weighted by molar-refractivity contribution is -0.135. The summed E-state index contributed by atoms with van der Waals surface area (Å²) < 4.78 is 15.2. The van der Waals surface area contributed by atoms with Crippen LogP contribution < -0.4 is 14.8 Å². The van der Waals surface area contributed by atoms with E-state index in [1.807, 2.05) is 6.07 Å². The van der Waals surface area contributed by atoms with Crippen LogP contribution in [0.25, 0.3) is 10.9 Å². The highest BCUT2D eigenvalue weighted by Gasteiger charge is 2.72. The van der Waals surface area contributed by atoms with Crippen LogP contribution in [0.5, 0.6) is 11.5 Å². The summed E-state index contributed by atoms with van der Waals surface area (Å²) in [5.74, 6) is 1.66. The molecule has 3 aliphatic heterocycles. The molecule has 1 aromatic heterocycles. The largest absolute Gasteiger partial charge is 0.493 e. The molecule has 8 rings (SSSR count). The molecule has 2 aromatic carbocycles. The van der Waals surface area contributed by atoms with Gasteiger partial charge in [-0.3, -0.25) is 0 Å². The van der Waals surface area contributed by atoms with Crippen LogP contribution in [0.3, 0.4) is 0 Å². The van der Waals surface area contributed by atoms with Crippen LogP contribution in [-0.2, 0) is 31.2 Å². The highest BCUT2D eigenvalue weighted by Crippen LogP contribution is 2.68. The molecule has 0 saturated carbocycles. The van der Waals surface area contributed by atoms with E-state index in [0.717, 1.165) is 50.3 Å². The van der Waals surface area contributed by atoms with Crippen LogP contribution in [0, 0.1) is 0 Å². The van der Waals surface area contributed by atoms with Gasteiger partial charge >= 0.3 is 0 Å². The number of nitrogens with one attached hydrogen (secondary N) is 1. The van der Waals surface area contributed by atoms with Crippen molar-refractivity contribution in [2.75, 3.05) is 13.7 Å². The molecule has 3 aromatic rings. The minimum atomic E-state index is -0.864. The minimum absolute atomic E-state index is 0.0408. The first kappa shape index (κ1) is 17.1. The maximum Gasteiger partial charge on any atom is 0.166 e. The Labute approximate surface area is 181 Å². The molecule has 5 heteroatoms. The van der Waals surface area contributed by atoms with Gasteiger partial charge in [-0.05, 0) is 55.0 Å². The third-order valence-corrected chi connectivity index (χ3v) is 9.08. The quantitative estimate of drug-likeness (QED) is 0.642. The number of hydrogen-bond donors (Lipinski definition) is 2. The van der Waals surface area contributed by atoms with E-state index in [0.29, 0.717) is 6.42 Å². The molecular weight excluding hydrogens is 388 g/mol. The fourth-order valence-electron chi connectivity index (χ4n) is 7.95. The van der Waals surface area contributed by atoms with Gasteiger partial charge in [0, 0.05) is 30.0 Å². The zero-order valence-corrected chi connectivity index (χ0v) is 17.7. The van der Waals surface area contributed by atoms with Gasteiger partial charge in [0.1, 0.15) is 0 Å². The van der Waals surface area contributed by atoms with E-state index in [1.54, 1.807) is 7.11 Å². The molecule has 5 aliphatic rings. The summed E-state index contributed by atoms with van der Waals surface area (Å²) in [5, 5.41) is 17.5. The summed E-state index contributed by atoms with van der Waals surface area (Å²) in [6, 6.07) is 11.0. The van der Waals surface area contributed by atoms with E-state index in [-0.39, 0.29) is 12.1 Å². The molecule has 158 valence electrons. The van der Waals surface area contributed by atoms with Crippen molar-refractivity contribution in [2.24, 2.45) is 0 Å². The Hall–Kier alpha value is -2.50. The van der Waals surface area contributed by atoms with E-state index in [9.17, 15) is 5.11 Å². The summed E-state index contributed by atoms with van der Waals surface area (Å²) in [7, 11) is 1.72. The lowest BCUT2D eigenvalue weighted by Gasteiger charge is -2.60. The summed E-state index contributed by atoms with van der Waals surface area (Å²) >= 11 is 0. The van der Waals surface area contributed by atoms with E-state index in [4.69, 9.17) is 9.47 Å². The van der Waals surface area contributed by atoms with Gasteiger partial charge in [-0.25, -0.2) is 0 Å². The SMILES string of the molecule is COc1ccc2c3c1O[C@H]1c4c(c5cccc6c5n4CCC6)C[C@@]4(O)[C@@H](C2)NCC[C@]314. The molecule has 1 fully saturated rings. The van der Waals surface area contributed by atoms with Crippen LogP contribution in [0.4, 0.5) is 0 Å². The third kappa shape index (κ3) is 1.67. The van der Waals surface area contributed by atoms with Crippen molar-refractivity contribution in [3.05, 3.63) is 58.3 Å². The third-order valence-electron chi connectivity index (χ3n) is 9.08. The van der Waals surface area contributed by atoms with Crippen molar-refractivity contribution in [1.82, 2.24) is 9.88 Å². The topological polar surface area (TPSA) is 55.7 Å². The minimum Gasteiger partial charge on any atom is -0.493 e. The Bertz CT molecular complexity index is 1310. The van der Waals surface area contributed by atoms with Gasteiger partial charge in [-0.1, -0.05) is 24.3 Å². The van der Waals surface area contributed by atoms with Gasteiger partial charge in [0.05, 0.1) is 29.3 Å². The predicted molar refractivity (Wildman–Crippen MR) is 117 cm³/mol. The summed E-state index contributed by atoms with van der Waals surface area (Å²) in [4.78, 5) is 0. The number of nitrogens with zero attached hydrogens (tertiary/aromatic N) is 1. The van der Waals surface area contributed by atoms with Crippen molar-refractivity contribution in [1.29, 1.82) is 0 Å². The highest BCUT2D eigenvalue weighted by atomic mass is 16.5. The van der Waals surface area contributed by atoms with Gasteiger partial charge in [0.2, 0.25) is 0 Å². The summed E-state index contributed by atoms with van der Waals surface area (Å²) in [5.41, 5.74) is 6.64. The molecule has 4 atom stereocenters. The van der Waals surface area contributed by atoms with Crippen LogP contribution >= 0.6 is 0 Å². The monoisotopic (exact) mass is 414 g/mol. The van der Waals surface area contributed by atoms with E-state index in [1.165, 1.54) is 38.9 Å². The number of aromatic nitrogens is 1. The number of methoxy groups -OCH3 is 1.